The standard InChI is InChI=1S/C14H27O/c1-4-5-6-7-8-9-10-11-14(12-15)13(2)3/h12-14H,2,4-11H2,1,3H3. The van der Waals surface area contributed by atoms with E-state index in [1.165, 1.54) is 44.9 Å². The summed E-state index contributed by atoms with van der Waals surface area (Å²) in [6, 6.07) is 0. The molecule has 0 fully saturated rings. The lowest BCUT2D eigenvalue weighted by atomic mass is 9.91. The van der Waals surface area contributed by atoms with E-state index in [-0.39, 0.29) is 11.8 Å². The molecule has 1 nitrogen and oxygen atoms in total. The van der Waals surface area contributed by atoms with Crippen molar-refractivity contribution in [1.29, 1.82) is 0 Å². The van der Waals surface area contributed by atoms with Gasteiger partial charge in [-0.05, 0) is 19.3 Å². The summed E-state index contributed by atoms with van der Waals surface area (Å²) < 4.78 is 0. The van der Waals surface area contributed by atoms with Crippen LogP contribution < -0.4 is 0 Å². The number of aldehydes is 1. The molecule has 0 aromatic rings. The van der Waals surface area contributed by atoms with Gasteiger partial charge in [0.25, 0.3) is 0 Å². The number of rotatable bonds is 10. The van der Waals surface area contributed by atoms with Gasteiger partial charge in [-0.2, -0.15) is 0 Å². The fourth-order valence-electron chi connectivity index (χ4n) is 1.82. The molecule has 0 spiro atoms. The second-order valence-electron chi connectivity index (χ2n) is 4.69. The normalized spacial score (nSPS) is 13.1. The van der Waals surface area contributed by atoms with Crippen LogP contribution in [0.5, 0.6) is 0 Å². The largest absolute Gasteiger partial charge is 0.303 e. The number of unbranched alkanes of at least 4 members (excludes halogenated alkanes) is 6. The Kier molecular flexibility index (Phi) is 9.97. The van der Waals surface area contributed by atoms with Crippen molar-refractivity contribution in [3.05, 3.63) is 6.92 Å². The van der Waals surface area contributed by atoms with Crippen molar-refractivity contribution in [3.63, 3.8) is 0 Å². The molecular formula is C14H27O. The molecule has 0 aliphatic rings. The summed E-state index contributed by atoms with van der Waals surface area (Å²) in [4.78, 5) is 10.7. The van der Waals surface area contributed by atoms with E-state index in [2.05, 4.69) is 13.8 Å². The van der Waals surface area contributed by atoms with Crippen molar-refractivity contribution < 1.29 is 4.79 Å². The van der Waals surface area contributed by atoms with Crippen molar-refractivity contribution in [3.8, 4) is 0 Å². The smallest absolute Gasteiger partial charge is 0.123 e. The highest BCUT2D eigenvalue weighted by molar-refractivity contribution is 5.53. The topological polar surface area (TPSA) is 17.1 Å². The fraction of sp³-hybridized carbons (Fsp3) is 0.857. The molecule has 1 radical (unpaired) electrons. The fourth-order valence-corrected chi connectivity index (χ4v) is 1.82. The number of hydrogen-bond acceptors (Lipinski definition) is 1. The predicted octanol–water partition coefficient (Wildman–Crippen LogP) is 4.41. The van der Waals surface area contributed by atoms with E-state index in [0.29, 0.717) is 0 Å². The van der Waals surface area contributed by atoms with Crippen LogP contribution in [0.1, 0.15) is 65.2 Å². The first kappa shape index (κ1) is 14.7. The lowest BCUT2D eigenvalue weighted by Gasteiger charge is -2.13. The van der Waals surface area contributed by atoms with Crippen LogP contribution in [0.3, 0.4) is 0 Å². The van der Waals surface area contributed by atoms with Crippen LogP contribution in [0.4, 0.5) is 0 Å². The highest BCUT2D eigenvalue weighted by Crippen LogP contribution is 2.17. The van der Waals surface area contributed by atoms with Gasteiger partial charge in [0.1, 0.15) is 6.29 Å². The van der Waals surface area contributed by atoms with E-state index >= 15 is 0 Å². The van der Waals surface area contributed by atoms with Crippen molar-refractivity contribution in [2.45, 2.75) is 65.2 Å². The molecule has 0 saturated heterocycles. The minimum Gasteiger partial charge on any atom is -0.303 e. The van der Waals surface area contributed by atoms with Crippen LogP contribution in [0.2, 0.25) is 0 Å². The van der Waals surface area contributed by atoms with Crippen molar-refractivity contribution in [2.75, 3.05) is 0 Å². The van der Waals surface area contributed by atoms with Gasteiger partial charge < -0.3 is 4.79 Å². The molecule has 89 valence electrons. The Labute approximate surface area is 95.6 Å². The Balaban J connectivity index is 3.25. The molecule has 0 N–H and O–H groups in total. The average Bonchev–Trinajstić information content (AvgIpc) is 2.21. The molecule has 0 aliphatic heterocycles. The van der Waals surface area contributed by atoms with Gasteiger partial charge in [-0.25, -0.2) is 0 Å². The first-order valence-electron chi connectivity index (χ1n) is 6.50. The van der Waals surface area contributed by atoms with Gasteiger partial charge in [0, 0.05) is 5.92 Å². The van der Waals surface area contributed by atoms with E-state index in [9.17, 15) is 4.79 Å². The monoisotopic (exact) mass is 211 g/mol. The van der Waals surface area contributed by atoms with Gasteiger partial charge >= 0.3 is 0 Å². The predicted molar refractivity (Wildman–Crippen MR) is 66.7 cm³/mol. The molecule has 0 amide bonds. The molecule has 0 bridgehead atoms. The summed E-state index contributed by atoms with van der Waals surface area (Å²) in [6.07, 6.45) is 11.3. The van der Waals surface area contributed by atoms with E-state index < -0.39 is 0 Å². The van der Waals surface area contributed by atoms with Crippen LogP contribution in [0.25, 0.3) is 0 Å². The molecule has 0 aliphatic carbocycles. The Hall–Kier alpha value is -0.330. The molecule has 0 heterocycles. The van der Waals surface area contributed by atoms with Crippen molar-refractivity contribution in [2.24, 2.45) is 11.8 Å². The molecule has 2 unspecified atom stereocenters. The van der Waals surface area contributed by atoms with E-state index in [0.717, 1.165) is 12.7 Å². The highest BCUT2D eigenvalue weighted by atomic mass is 16.1. The Morgan fingerprint density at radius 2 is 1.60 bits per heavy atom. The van der Waals surface area contributed by atoms with Gasteiger partial charge in [-0.1, -0.05) is 58.8 Å². The summed E-state index contributed by atoms with van der Waals surface area (Å²) in [5.74, 6) is 0.447. The molecule has 1 heteroatoms. The average molecular weight is 211 g/mol. The highest BCUT2D eigenvalue weighted by Gasteiger charge is 2.10. The van der Waals surface area contributed by atoms with E-state index in [1.807, 2.05) is 6.92 Å². The zero-order chi connectivity index (χ0) is 11.5. The lowest BCUT2D eigenvalue weighted by Crippen LogP contribution is -2.10. The first-order chi connectivity index (χ1) is 7.22. The quantitative estimate of drug-likeness (QED) is 0.386. The van der Waals surface area contributed by atoms with Crippen LogP contribution >= 0.6 is 0 Å². The molecule has 0 aromatic heterocycles. The molecular weight excluding hydrogens is 184 g/mol. The summed E-state index contributed by atoms with van der Waals surface area (Å²) in [7, 11) is 0. The molecule has 0 saturated carbocycles. The first-order valence-corrected chi connectivity index (χ1v) is 6.50. The van der Waals surface area contributed by atoms with Crippen molar-refractivity contribution >= 4 is 6.29 Å². The van der Waals surface area contributed by atoms with Gasteiger partial charge in [-0.15, -0.1) is 0 Å². The molecule has 2 atom stereocenters. The second kappa shape index (κ2) is 10.2. The SMILES string of the molecule is [CH2]C(C)C(C=O)CCCCCCCCC. The zero-order valence-corrected chi connectivity index (χ0v) is 10.5. The molecule has 15 heavy (non-hydrogen) atoms. The minimum atomic E-state index is 0.181. The third-order valence-corrected chi connectivity index (χ3v) is 3.05. The van der Waals surface area contributed by atoms with Crippen molar-refractivity contribution in [1.82, 2.24) is 0 Å². The van der Waals surface area contributed by atoms with Gasteiger partial charge in [-0.3, -0.25) is 0 Å². The third-order valence-electron chi connectivity index (χ3n) is 3.05. The lowest BCUT2D eigenvalue weighted by molar-refractivity contribution is -0.112. The third kappa shape index (κ3) is 8.65. The second-order valence-corrected chi connectivity index (χ2v) is 4.69. The van der Waals surface area contributed by atoms with E-state index in [1.54, 1.807) is 0 Å². The minimum absolute atomic E-state index is 0.181. The summed E-state index contributed by atoms with van der Waals surface area (Å²) >= 11 is 0. The summed E-state index contributed by atoms with van der Waals surface area (Å²) in [5.41, 5.74) is 0. The Morgan fingerprint density at radius 1 is 1.07 bits per heavy atom. The van der Waals surface area contributed by atoms with E-state index in [4.69, 9.17) is 0 Å². The maximum Gasteiger partial charge on any atom is 0.123 e. The number of carbonyl (C=O) groups is 1. The Morgan fingerprint density at radius 3 is 2.07 bits per heavy atom. The van der Waals surface area contributed by atoms with Gasteiger partial charge in [0.2, 0.25) is 0 Å². The van der Waals surface area contributed by atoms with Crippen LogP contribution in [-0.2, 0) is 4.79 Å². The van der Waals surface area contributed by atoms with Crippen LogP contribution in [-0.4, -0.2) is 6.29 Å². The Bertz CT molecular complexity index is 140. The summed E-state index contributed by atoms with van der Waals surface area (Å²) in [5, 5.41) is 0. The van der Waals surface area contributed by atoms with Gasteiger partial charge in [0.15, 0.2) is 0 Å². The summed E-state index contributed by atoms with van der Waals surface area (Å²) in [6.45, 7) is 8.19. The maximum atomic E-state index is 10.7. The maximum absolute atomic E-state index is 10.7. The van der Waals surface area contributed by atoms with Crippen LogP contribution in [0.15, 0.2) is 0 Å². The van der Waals surface area contributed by atoms with Crippen LogP contribution in [0, 0.1) is 18.8 Å². The van der Waals surface area contributed by atoms with Gasteiger partial charge in [0.05, 0.1) is 0 Å². The zero-order valence-electron chi connectivity index (χ0n) is 10.5. The molecule has 0 rings (SSSR count). The number of carbonyl (C=O) groups excluding carboxylic acids is 1. The number of hydrogen-bond donors (Lipinski definition) is 0. The molecule has 0 aromatic carbocycles.